The molecule has 0 saturated heterocycles. The molecule has 0 aliphatic carbocycles. The summed E-state index contributed by atoms with van der Waals surface area (Å²) in [6, 6.07) is 69.7. The number of hydrogen-bond acceptors (Lipinski definition) is 20. The molecule has 15 aromatic rings. The van der Waals surface area contributed by atoms with Crippen LogP contribution in [0.4, 0.5) is 10.1 Å². The normalized spacial score (nSPS) is 10.1. The van der Waals surface area contributed by atoms with E-state index in [1.54, 1.807) is 112 Å². The molecule has 15 rings (SSSR count). The van der Waals surface area contributed by atoms with E-state index in [4.69, 9.17) is 36.7 Å². The Morgan fingerprint density at radius 2 is 0.712 bits per heavy atom. The smallest absolute Gasteiger partial charge is 0.368 e. The first-order chi connectivity index (χ1) is 58.1. The first kappa shape index (κ1) is 103. The summed E-state index contributed by atoms with van der Waals surface area (Å²) in [4.78, 5) is 64.2. The van der Waals surface area contributed by atoms with Crippen molar-refractivity contribution in [3.63, 3.8) is 0 Å². The standard InChI is InChI=1S/C19H19N4O2.C19H17N4O2.C18H15N4O2.C17H14N5O2.C15H12FN4O2.5Y/c2*1-4-8-15-10-7-11-17(23-19(24)22(3)20-21-23)16(15)13-25-18-12-6-5-9-14(18)2;1-4-14-9-7-10-16(22-18(23)21(3)19-20-22)15(14)12-24-17-11-6-5-8-13(17)2;1-12-7-4-5-10-16(12)24-11-13-14(18-2)8-6-9-15(13)22-17(23)21(3)19-20-22;1-19-15(21)20(18-17-19)14-9-5-8-13(16)12(14)10-22-11-6-3-2-4-7-11;;;;;/h4,6-12H,13H2,1-3H3;6-7,9-12H,13H2,1-3H3;1,6-11H,12H2,2-3H3;5-10H,11H2,1,3H3;3-9H,10H2,1H3;;;;;/q5*-1;;;;;/b8-4+;;;;;;;;;. The molecule has 0 unspecified atom stereocenters. The fraction of sp³-hybridized carbons (Fsp3) is 0.182. The number of allylic oxidation sites excluding steroid dienone is 1. The summed E-state index contributed by atoms with van der Waals surface area (Å²) in [5.74, 6) is 11.7. The minimum Gasteiger partial charge on any atom is -0.515 e. The summed E-state index contributed by atoms with van der Waals surface area (Å²) < 4.78 is 55.1. The van der Waals surface area contributed by atoms with E-state index in [0.29, 0.717) is 68.9 Å². The molecule has 5 radical (unpaired) electrons. The zero-order chi connectivity index (χ0) is 85.4. The van der Waals surface area contributed by atoms with Gasteiger partial charge in [0, 0.05) is 261 Å². The molecule has 37 heteroatoms. The zero-order valence-electron chi connectivity index (χ0n) is 69.9. The minimum atomic E-state index is -0.474. The van der Waals surface area contributed by atoms with Crippen LogP contribution in [0.25, 0.3) is 39.4 Å². The van der Waals surface area contributed by atoms with Crippen LogP contribution in [0.1, 0.15) is 80.6 Å². The van der Waals surface area contributed by atoms with Crippen LogP contribution >= 0.6 is 0 Å². The summed E-state index contributed by atoms with van der Waals surface area (Å²) in [5.41, 5.74) is 10.7. The van der Waals surface area contributed by atoms with E-state index in [9.17, 15) is 28.4 Å². The second-order valence-corrected chi connectivity index (χ2v) is 26.0. The van der Waals surface area contributed by atoms with E-state index >= 15 is 0 Å². The quantitative estimate of drug-likeness (QED) is 0.0477. The van der Waals surface area contributed by atoms with E-state index in [1.165, 1.54) is 61.4 Å². The average molecular weight is 2050 g/mol. The Labute approximate surface area is 844 Å². The van der Waals surface area contributed by atoms with Gasteiger partial charge in [0.15, 0.2) is 5.69 Å². The van der Waals surface area contributed by atoms with Crippen LogP contribution in [0.15, 0.2) is 218 Å². The molecule has 0 atom stereocenters. The average Bonchev–Trinajstić information content (AvgIpc) is 1.74. The molecule has 0 amide bonds. The van der Waals surface area contributed by atoms with Gasteiger partial charge in [0.2, 0.25) is 0 Å². The van der Waals surface area contributed by atoms with Gasteiger partial charge in [0.1, 0.15) is 38.9 Å². The van der Waals surface area contributed by atoms with Gasteiger partial charge in [0.05, 0.1) is 40.6 Å². The summed E-state index contributed by atoms with van der Waals surface area (Å²) in [6.07, 6.45) is 9.53. The fourth-order valence-corrected chi connectivity index (χ4v) is 11.6. The van der Waals surface area contributed by atoms with Crippen LogP contribution in [-0.2, 0) is 232 Å². The van der Waals surface area contributed by atoms with Crippen LogP contribution in [-0.4, -0.2) is 99.0 Å². The Kier molecular flexibility index (Phi) is 41.7. The number of tetrazole rings is 5. The molecule has 621 valence electrons. The van der Waals surface area contributed by atoms with Crippen molar-refractivity contribution < 1.29 is 192 Å². The molecule has 0 fully saturated rings. The number of rotatable bonds is 21. The Morgan fingerprint density at radius 1 is 0.400 bits per heavy atom. The minimum absolute atomic E-state index is 0. The predicted octanol–water partition coefficient (Wildman–Crippen LogP) is 10.0. The third-order valence-electron chi connectivity index (χ3n) is 18.0. The summed E-state index contributed by atoms with van der Waals surface area (Å²) >= 11 is 0. The zero-order valence-corrected chi connectivity index (χ0v) is 84.1. The van der Waals surface area contributed by atoms with Gasteiger partial charge in [0.25, 0.3) is 0 Å². The van der Waals surface area contributed by atoms with E-state index in [1.807, 2.05) is 132 Å². The van der Waals surface area contributed by atoms with Gasteiger partial charge in [-0.3, -0.25) is 0 Å². The maximum absolute atomic E-state index is 14.1. The van der Waals surface area contributed by atoms with Crippen molar-refractivity contribution in [2.75, 3.05) is 0 Å². The van der Waals surface area contributed by atoms with Crippen molar-refractivity contribution in [2.24, 2.45) is 35.2 Å². The van der Waals surface area contributed by atoms with Gasteiger partial charge >= 0.3 is 28.4 Å². The van der Waals surface area contributed by atoms with Crippen molar-refractivity contribution in [2.45, 2.75) is 74.6 Å². The SMILES string of the molecule is C#Cc1cccc(-n2nnn(C)c2=O)c1COc1cc[c-]cc1C.C/C=C/c1cccc(-n2nnn(C)c2=O)c1COc1cc[c-]cc1C.CC#Cc1cccc(-n2nnn(C)c2=O)c1COc1cc[c-]cc1C.Cn1nnn(-c2cccc(F)c2COc2cc[c-]cc2)c1=O.[C-]#[N+]c1cccc(-n2nnn(C)c2=O)c1COc1cc[c-]cc1C.[Y].[Y].[Y].[Y].[Y]. The molecule has 10 aromatic carbocycles. The van der Waals surface area contributed by atoms with Crippen LogP contribution in [0.3, 0.4) is 0 Å². The molecule has 0 N–H and O–H groups in total. The van der Waals surface area contributed by atoms with E-state index in [0.717, 1.165) is 80.5 Å². The number of hydrogen-bond donors (Lipinski definition) is 0. The molecule has 0 saturated carbocycles. The van der Waals surface area contributed by atoms with Crippen LogP contribution < -0.4 is 52.1 Å². The largest absolute Gasteiger partial charge is 0.515 e. The van der Waals surface area contributed by atoms with Crippen LogP contribution in [0.2, 0.25) is 0 Å². The Bertz CT molecular complexity index is 6500. The number of aryl methyl sites for hydroxylation is 9. The van der Waals surface area contributed by atoms with Gasteiger partial charge in [-0.1, -0.05) is 94.2 Å². The maximum atomic E-state index is 14.1. The van der Waals surface area contributed by atoms with Gasteiger partial charge in [-0.05, 0) is 120 Å². The third-order valence-corrected chi connectivity index (χ3v) is 18.0. The molecule has 0 aliphatic rings. The first-order valence-corrected chi connectivity index (χ1v) is 36.7. The van der Waals surface area contributed by atoms with Crippen molar-refractivity contribution in [1.29, 1.82) is 0 Å². The number of terminal acetylenes is 1. The van der Waals surface area contributed by atoms with Gasteiger partial charge < -0.3 is 23.7 Å². The molecule has 0 spiro atoms. The molecule has 5 heterocycles. The maximum Gasteiger partial charge on any atom is 0.368 e. The summed E-state index contributed by atoms with van der Waals surface area (Å²) in [5, 5.41) is 38.0. The monoisotopic (exact) mass is 2050 g/mol. The van der Waals surface area contributed by atoms with E-state index in [2.05, 4.69) is 105 Å². The van der Waals surface area contributed by atoms with Crippen molar-refractivity contribution in [1.82, 2.24) is 99.0 Å². The Hall–Kier alpha value is -10.7. The predicted molar refractivity (Wildman–Crippen MR) is 441 cm³/mol. The number of aromatic nitrogens is 20. The molecule has 125 heavy (non-hydrogen) atoms. The van der Waals surface area contributed by atoms with Gasteiger partial charge in [-0.25, -0.2) is 33.2 Å². The molecular formula is C88H77FN21O10Y5-5. The molecule has 0 aliphatic heterocycles. The van der Waals surface area contributed by atoms with Crippen LogP contribution in [0, 0.1) is 94.6 Å². The van der Waals surface area contributed by atoms with E-state index in [-0.39, 0.29) is 218 Å². The fourth-order valence-electron chi connectivity index (χ4n) is 11.6. The summed E-state index contributed by atoms with van der Waals surface area (Å²) in [6.45, 7) is 19.7. The number of benzene rings is 10. The molecule has 0 bridgehead atoms. The van der Waals surface area contributed by atoms with Crippen LogP contribution in [0.5, 0.6) is 28.7 Å². The second kappa shape index (κ2) is 50.5. The van der Waals surface area contributed by atoms with Crippen molar-refractivity contribution in [3.05, 3.63) is 361 Å². The second-order valence-electron chi connectivity index (χ2n) is 26.0. The first-order valence-electron chi connectivity index (χ1n) is 36.7. The third kappa shape index (κ3) is 26.3. The molecule has 31 nitrogen and oxygen atoms in total. The number of halogens is 1. The van der Waals surface area contributed by atoms with Gasteiger partial charge in [-0.15, -0.1) is 71.0 Å². The molecule has 5 aromatic heterocycles. The number of ether oxygens (including phenoxy) is 5. The van der Waals surface area contributed by atoms with Crippen molar-refractivity contribution >= 4 is 11.8 Å². The van der Waals surface area contributed by atoms with Gasteiger partial charge in [-0.2, -0.15) is 138 Å². The van der Waals surface area contributed by atoms with E-state index < -0.39 is 11.5 Å². The Morgan fingerprint density at radius 3 is 1.06 bits per heavy atom. The summed E-state index contributed by atoms with van der Waals surface area (Å²) in [7, 11) is 7.66. The number of nitrogens with zero attached hydrogens (tertiary/aromatic N) is 21. The van der Waals surface area contributed by atoms with Crippen molar-refractivity contribution in [3.8, 4) is 81.4 Å². The Balaban J connectivity index is 0.000000239. The topological polar surface area (TPSA) is 314 Å². The molecular weight excluding hydrogens is 1970 g/mol.